The van der Waals surface area contributed by atoms with E-state index in [9.17, 15) is 14.7 Å². The average molecular weight is 344 g/mol. The third-order valence-corrected chi connectivity index (χ3v) is 4.31. The van der Waals surface area contributed by atoms with Gasteiger partial charge in [0, 0.05) is 11.6 Å². The molecule has 0 unspecified atom stereocenters. The second kappa shape index (κ2) is 5.59. The molecule has 1 amide bonds. The molecule has 6 heteroatoms. The van der Waals surface area contributed by atoms with E-state index in [1.807, 2.05) is 18.2 Å². The Labute approximate surface area is 146 Å². The van der Waals surface area contributed by atoms with Gasteiger partial charge in [-0.3, -0.25) is 9.36 Å². The molecular weight excluding hydrogens is 320 g/mol. The van der Waals surface area contributed by atoms with Crippen LogP contribution in [0.25, 0.3) is 10.9 Å². The van der Waals surface area contributed by atoms with Gasteiger partial charge in [0.2, 0.25) is 0 Å². The first-order valence-electron chi connectivity index (χ1n) is 8.35. The van der Waals surface area contributed by atoms with Gasteiger partial charge in [0.15, 0.2) is 0 Å². The van der Waals surface area contributed by atoms with Gasteiger partial charge in [-0.2, -0.15) is 0 Å². The molecule has 25 heavy (non-hydrogen) atoms. The van der Waals surface area contributed by atoms with Gasteiger partial charge in [0.1, 0.15) is 5.60 Å². The number of carbonyl (C=O) groups is 1. The van der Waals surface area contributed by atoms with Crippen LogP contribution in [-0.2, 0) is 4.74 Å². The van der Waals surface area contributed by atoms with Crippen LogP contribution in [0.4, 0.5) is 4.79 Å². The maximum atomic E-state index is 12.5. The van der Waals surface area contributed by atoms with Gasteiger partial charge >= 0.3 is 6.09 Å². The summed E-state index contributed by atoms with van der Waals surface area (Å²) < 4.78 is 6.94. The summed E-state index contributed by atoms with van der Waals surface area (Å²) >= 11 is 0. The summed E-state index contributed by atoms with van der Waals surface area (Å²) in [7, 11) is 0. The van der Waals surface area contributed by atoms with Gasteiger partial charge in [0.05, 0.1) is 23.2 Å². The van der Waals surface area contributed by atoms with Crippen LogP contribution in [0.1, 0.15) is 52.3 Å². The van der Waals surface area contributed by atoms with E-state index in [0.717, 1.165) is 16.5 Å². The van der Waals surface area contributed by atoms with Crippen LogP contribution in [0.2, 0.25) is 0 Å². The molecule has 134 valence electrons. The lowest BCUT2D eigenvalue weighted by molar-refractivity contribution is 0.00579. The van der Waals surface area contributed by atoms with Gasteiger partial charge in [0.25, 0.3) is 5.56 Å². The van der Waals surface area contributed by atoms with E-state index in [1.54, 1.807) is 45.3 Å². The second-order valence-corrected chi connectivity index (χ2v) is 8.05. The van der Waals surface area contributed by atoms with Crippen molar-refractivity contribution in [3.05, 3.63) is 46.2 Å². The normalized spacial score (nSPS) is 19.9. The number of para-hydroxylation sites is 1. The van der Waals surface area contributed by atoms with Crippen molar-refractivity contribution in [3.63, 3.8) is 0 Å². The molecule has 0 bridgehead atoms. The summed E-state index contributed by atoms with van der Waals surface area (Å²) in [4.78, 5) is 24.9. The molecule has 1 aliphatic rings. The summed E-state index contributed by atoms with van der Waals surface area (Å²) in [5.41, 5.74) is -0.531. The third-order valence-electron chi connectivity index (χ3n) is 4.31. The minimum Gasteiger partial charge on any atom is -0.444 e. The number of nitrogens with zero attached hydrogens (tertiary/aromatic N) is 1. The van der Waals surface area contributed by atoms with Crippen LogP contribution < -0.4 is 10.9 Å². The number of ether oxygens (including phenoxy) is 1. The highest BCUT2D eigenvalue weighted by Gasteiger charge is 2.44. The predicted octanol–water partition coefficient (Wildman–Crippen LogP) is 2.89. The highest BCUT2D eigenvalue weighted by atomic mass is 16.6. The number of benzene rings is 1. The van der Waals surface area contributed by atoms with Crippen molar-refractivity contribution in [1.29, 1.82) is 0 Å². The van der Waals surface area contributed by atoms with Gasteiger partial charge in [-0.05, 0) is 46.1 Å². The molecule has 2 N–H and O–H groups in total. The van der Waals surface area contributed by atoms with Crippen molar-refractivity contribution in [1.82, 2.24) is 9.88 Å². The monoisotopic (exact) mass is 344 g/mol. The first kappa shape index (κ1) is 17.5. The maximum Gasteiger partial charge on any atom is 0.408 e. The Bertz CT molecular complexity index is 887. The molecule has 3 rings (SSSR count). The number of hydrogen-bond donors (Lipinski definition) is 2. The second-order valence-electron chi connectivity index (χ2n) is 8.05. The Hall–Kier alpha value is -2.34. The van der Waals surface area contributed by atoms with Gasteiger partial charge in [-0.25, -0.2) is 4.79 Å². The number of aliphatic hydroxyl groups is 1. The molecule has 0 spiro atoms. The van der Waals surface area contributed by atoms with Crippen LogP contribution in [0, 0.1) is 0 Å². The summed E-state index contributed by atoms with van der Waals surface area (Å²) in [5.74, 6) is 0. The summed E-state index contributed by atoms with van der Waals surface area (Å²) in [5, 5.41) is 14.5. The van der Waals surface area contributed by atoms with Crippen molar-refractivity contribution in [2.24, 2.45) is 0 Å². The largest absolute Gasteiger partial charge is 0.444 e. The van der Waals surface area contributed by atoms with E-state index in [0.29, 0.717) is 0 Å². The van der Waals surface area contributed by atoms with Crippen molar-refractivity contribution < 1.29 is 14.6 Å². The molecule has 0 fully saturated rings. The van der Waals surface area contributed by atoms with E-state index in [4.69, 9.17) is 4.74 Å². The Morgan fingerprint density at radius 1 is 1.16 bits per heavy atom. The van der Waals surface area contributed by atoms with Crippen molar-refractivity contribution in [3.8, 4) is 0 Å². The molecule has 2 atom stereocenters. The molecule has 1 aromatic carbocycles. The quantitative estimate of drug-likeness (QED) is 0.878. The fraction of sp³-hybridized carbons (Fsp3) is 0.474. The van der Waals surface area contributed by atoms with E-state index >= 15 is 0 Å². The Kier molecular flexibility index (Phi) is 3.91. The molecule has 1 aliphatic heterocycles. The van der Waals surface area contributed by atoms with E-state index in [-0.39, 0.29) is 5.56 Å². The SMILES string of the molecule is CC(C)(C)OC(=O)N[C@@H]1c2cccc3ccc(=O)n(c23)[C@H]1C(C)(C)O. The number of nitrogens with one attached hydrogen (secondary N) is 1. The number of hydrogen-bond acceptors (Lipinski definition) is 4. The molecule has 0 aliphatic carbocycles. The lowest BCUT2D eigenvalue weighted by atomic mass is 9.90. The lowest BCUT2D eigenvalue weighted by Gasteiger charge is -2.33. The van der Waals surface area contributed by atoms with E-state index in [1.165, 1.54) is 6.07 Å². The highest BCUT2D eigenvalue weighted by molar-refractivity contribution is 5.85. The fourth-order valence-electron chi connectivity index (χ4n) is 3.51. The number of aromatic nitrogens is 1. The van der Waals surface area contributed by atoms with E-state index < -0.39 is 29.4 Å². The zero-order valence-electron chi connectivity index (χ0n) is 15.2. The highest BCUT2D eigenvalue weighted by Crippen LogP contribution is 2.44. The van der Waals surface area contributed by atoms with Crippen LogP contribution in [-0.4, -0.2) is 27.0 Å². The van der Waals surface area contributed by atoms with Gasteiger partial charge in [-0.1, -0.05) is 18.2 Å². The van der Waals surface area contributed by atoms with E-state index in [2.05, 4.69) is 5.32 Å². The molecule has 1 aromatic heterocycles. The zero-order chi connectivity index (χ0) is 18.6. The first-order valence-corrected chi connectivity index (χ1v) is 8.35. The third kappa shape index (κ3) is 3.14. The molecular formula is C19H24N2O4. The number of pyridine rings is 1. The number of carbonyl (C=O) groups excluding carboxylic acids is 1. The smallest absolute Gasteiger partial charge is 0.408 e. The fourth-order valence-corrected chi connectivity index (χ4v) is 3.51. The Morgan fingerprint density at radius 3 is 2.44 bits per heavy atom. The van der Waals surface area contributed by atoms with Gasteiger partial charge in [-0.15, -0.1) is 0 Å². The molecule has 0 saturated heterocycles. The topological polar surface area (TPSA) is 80.6 Å². The van der Waals surface area contributed by atoms with Crippen LogP contribution >= 0.6 is 0 Å². The summed E-state index contributed by atoms with van der Waals surface area (Å²) in [6.07, 6.45) is -0.579. The predicted molar refractivity (Wildman–Crippen MR) is 95.7 cm³/mol. The number of amides is 1. The average Bonchev–Trinajstić information content (AvgIpc) is 2.77. The minimum atomic E-state index is -1.23. The molecule has 0 radical (unpaired) electrons. The lowest BCUT2D eigenvalue weighted by Crippen LogP contribution is -2.45. The number of alkyl carbamates (subject to hydrolysis) is 1. The first-order chi connectivity index (χ1) is 11.5. The van der Waals surface area contributed by atoms with Crippen molar-refractivity contribution in [2.75, 3.05) is 0 Å². The molecule has 0 saturated carbocycles. The molecule has 2 heterocycles. The van der Waals surface area contributed by atoms with Crippen LogP contribution in [0.15, 0.2) is 35.1 Å². The minimum absolute atomic E-state index is 0.208. The van der Waals surface area contributed by atoms with Crippen LogP contribution in [0.5, 0.6) is 0 Å². The maximum absolute atomic E-state index is 12.5. The van der Waals surface area contributed by atoms with Crippen molar-refractivity contribution in [2.45, 2.75) is 57.9 Å². The molecule has 2 aromatic rings. The van der Waals surface area contributed by atoms with Gasteiger partial charge < -0.3 is 15.2 Å². The summed E-state index contributed by atoms with van der Waals surface area (Å²) in [6, 6.07) is 7.71. The Balaban J connectivity index is 2.12. The summed E-state index contributed by atoms with van der Waals surface area (Å²) in [6.45, 7) is 8.63. The Morgan fingerprint density at radius 2 is 1.84 bits per heavy atom. The van der Waals surface area contributed by atoms with Crippen LogP contribution in [0.3, 0.4) is 0 Å². The molecule has 6 nitrogen and oxygen atoms in total. The zero-order valence-corrected chi connectivity index (χ0v) is 15.2. The number of rotatable bonds is 2. The van der Waals surface area contributed by atoms with Crippen molar-refractivity contribution >= 4 is 17.0 Å². The standard InChI is InChI=1S/C19H24N2O4/c1-18(2,3)25-17(23)20-14-12-8-6-7-11-9-10-13(22)21(15(11)12)16(14)19(4,5)24/h6-10,14,16,24H,1-5H3,(H,20,23)/t14-,16-/m1/s1.